The molecule has 2 unspecified atom stereocenters. The Bertz CT molecular complexity index is 381. The molecule has 0 bridgehead atoms. The summed E-state index contributed by atoms with van der Waals surface area (Å²) in [5, 5.41) is 14.1. The molecule has 1 aromatic heterocycles. The summed E-state index contributed by atoms with van der Waals surface area (Å²) in [5.74, 6) is 1.59. The Morgan fingerprint density at radius 3 is 2.78 bits per heavy atom. The normalized spacial score (nSPS) is 26.8. The molecule has 18 heavy (non-hydrogen) atoms. The van der Waals surface area contributed by atoms with Gasteiger partial charge in [-0.25, -0.2) is 0 Å². The summed E-state index contributed by atoms with van der Waals surface area (Å²) in [4.78, 5) is 4.34. The van der Waals surface area contributed by atoms with Gasteiger partial charge in [0, 0.05) is 6.61 Å². The Morgan fingerprint density at radius 2 is 2.06 bits per heavy atom. The summed E-state index contributed by atoms with van der Waals surface area (Å²) >= 11 is 0. The van der Waals surface area contributed by atoms with Gasteiger partial charge in [-0.05, 0) is 31.6 Å². The Labute approximate surface area is 107 Å². The number of hydrogen-bond acceptors (Lipinski definition) is 5. The molecule has 2 atom stereocenters. The van der Waals surface area contributed by atoms with Crippen LogP contribution in [0.15, 0.2) is 4.52 Å². The quantitative estimate of drug-likeness (QED) is 0.887. The number of aliphatic hydroxyl groups excluding tert-OH is 1. The van der Waals surface area contributed by atoms with Crippen molar-refractivity contribution in [3.8, 4) is 0 Å². The Hall–Kier alpha value is -0.940. The van der Waals surface area contributed by atoms with E-state index in [1.807, 2.05) is 0 Å². The third-order valence-electron chi connectivity index (χ3n) is 4.03. The van der Waals surface area contributed by atoms with Gasteiger partial charge in [0.25, 0.3) is 0 Å². The number of hydrogen-bond donors (Lipinski definition) is 1. The van der Waals surface area contributed by atoms with Gasteiger partial charge in [-0.3, -0.25) is 0 Å². The van der Waals surface area contributed by atoms with Crippen molar-refractivity contribution in [3.63, 3.8) is 0 Å². The minimum Gasteiger partial charge on any atom is -0.392 e. The van der Waals surface area contributed by atoms with Crippen LogP contribution < -0.4 is 0 Å². The predicted molar refractivity (Wildman–Crippen MR) is 63.9 cm³/mol. The fraction of sp³-hybridized carbons (Fsp3) is 0.846. The summed E-state index contributed by atoms with van der Waals surface area (Å²) in [5.41, 5.74) is 0. The highest BCUT2D eigenvalue weighted by Crippen LogP contribution is 2.30. The van der Waals surface area contributed by atoms with Crippen molar-refractivity contribution in [2.45, 2.75) is 57.2 Å². The van der Waals surface area contributed by atoms with E-state index in [9.17, 15) is 5.11 Å². The van der Waals surface area contributed by atoms with Crippen molar-refractivity contribution in [3.05, 3.63) is 11.7 Å². The minimum absolute atomic E-state index is 0.00822. The molecule has 1 saturated heterocycles. The molecule has 0 spiro atoms. The molecule has 1 aliphatic heterocycles. The SMILES string of the molecule is OC(Cc1nc(C2CCCO2)no1)C1CCCC1. The fourth-order valence-corrected chi connectivity index (χ4v) is 2.95. The van der Waals surface area contributed by atoms with Gasteiger partial charge in [0.15, 0.2) is 0 Å². The molecule has 0 radical (unpaired) electrons. The maximum absolute atomic E-state index is 10.1. The topological polar surface area (TPSA) is 68.4 Å². The van der Waals surface area contributed by atoms with Crippen LogP contribution in [0.2, 0.25) is 0 Å². The highest BCUT2D eigenvalue weighted by molar-refractivity contribution is 4.95. The van der Waals surface area contributed by atoms with E-state index in [2.05, 4.69) is 10.1 Å². The number of rotatable bonds is 4. The first-order chi connectivity index (χ1) is 8.83. The molecule has 2 fully saturated rings. The molecule has 1 N–H and O–H groups in total. The molecule has 2 heterocycles. The van der Waals surface area contributed by atoms with Crippen LogP contribution >= 0.6 is 0 Å². The van der Waals surface area contributed by atoms with E-state index >= 15 is 0 Å². The largest absolute Gasteiger partial charge is 0.392 e. The highest BCUT2D eigenvalue weighted by atomic mass is 16.5. The van der Waals surface area contributed by atoms with Gasteiger partial charge in [-0.2, -0.15) is 4.98 Å². The van der Waals surface area contributed by atoms with Gasteiger partial charge in [-0.15, -0.1) is 0 Å². The standard InChI is InChI=1S/C13H20N2O3/c16-10(9-4-1-2-5-9)8-12-14-13(15-18-12)11-6-3-7-17-11/h9-11,16H,1-8H2. The molecule has 100 valence electrons. The van der Waals surface area contributed by atoms with Gasteiger partial charge in [-0.1, -0.05) is 18.0 Å². The van der Waals surface area contributed by atoms with Crippen LogP contribution in [0, 0.1) is 5.92 Å². The van der Waals surface area contributed by atoms with Crippen molar-refractivity contribution >= 4 is 0 Å². The smallest absolute Gasteiger partial charge is 0.229 e. The summed E-state index contributed by atoms with van der Waals surface area (Å²) in [6.07, 6.45) is 6.84. The van der Waals surface area contributed by atoms with Crippen molar-refractivity contribution in [1.82, 2.24) is 10.1 Å². The molecule has 1 aliphatic carbocycles. The van der Waals surface area contributed by atoms with E-state index in [1.165, 1.54) is 12.8 Å². The number of nitrogens with zero attached hydrogens (tertiary/aromatic N) is 2. The van der Waals surface area contributed by atoms with Gasteiger partial charge >= 0.3 is 0 Å². The van der Waals surface area contributed by atoms with Crippen molar-refractivity contribution in [1.29, 1.82) is 0 Å². The highest BCUT2D eigenvalue weighted by Gasteiger charge is 2.27. The second-order valence-corrected chi connectivity index (χ2v) is 5.36. The molecular formula is C13H20N2O3. The molecule has 5 heteroatoms. The lowest BCUT2D eigenvalue weighted by Crippen LogP contribution is -2.20. The Balaban J connectivity index is 1.58. The van der Waals surface area contributed by atoms with Crippen LogP contribution in [-0.2, 0) is 11.2 Å². The molecular weight excluding hydrogens is 232 g/mol. The van der Waals surface area contributed by atoms with Gasteiger partial charge in [0.1, 0.15) is 6.10 Å². The van der Waals surface area contributed by atoms with E-state index < -0.39 is 0 Å². The maximum Gasteiger partial charge on any atom is 0.229 e. The molecule has 0 aromatic carbocycles. The van der Waals surface area contributed by atoms with Crippen LogP contribution in [0.3, 0.4) is 0 Å². The van der Waals surface area contributed by atoms with Crippen molar-refractivity contribution in [2.75, 3.05) is 6.61 Å². The third kappa shape index (κ3) is 2.57. The van der Waals surface area contributed by atoms with E-state index in [0.29, 0.717) is 24.1 Å². The number of aliphatic hydroxyl groups is 1. The Kier molecular flexibility index (Phi) is 3.61. The van der Waals surface area contributed by atoms with E-state index in [-0.39, 0.29) is 12.2 Å². The summed E-state index contributed by atoms with van der Waals surface area (Å²) in [6.45, 7) is 0.777. The second kappa shape index (κ2) is 5.36. The van der Waals surface area contributed by atoms with Crippen LogP contribution in [0.5, 0.6) is 0 Å². The van der Waals surface area contributed by atoms with E-state index in [0.717, 1.165) is 32.3 Å². The molecule has 1 saturated carbocycles. The first kappa shape index (κ1) is 12.1. The second-order valence-electron chi connectivity index (χ2n) is 5.36. The summed E-state index contributed by atoms with van der Waals surface area (Å²) in [7, 11) is 0. The maximum atomic E-state index is 10.1. The first-order valence-corrected chi connectivity index (χ1v) is 6.95. The lowest BCUT2D eigenvalue weighted by molar-refractivity contribution is 0.101. The van der Waals surface area contributed by atoms with Gasteiger partial charge < -0.3 is 14.4 Å². The predicted octanol–water partition coefficient (Wildman–Crippen LogP) is 2.01. The average molecular weight is 252 g/mol. The third-order valence-corrected chi connectivity index (χ3v) is 4.03. The van der Waals surface area contributed by atoms with Crippen LogP contribution in [0.1, 0.15) is 56.3 Å². The fourth-order valence-electron chi connectivity index (χ4n) is 2.95. The van der Waals surface area contributed by atoms with Crippen LogP contribution in [-0.4, -0.2) is 28.0 Å². The molecule has 1 aromatic rings. The van der Waals surface area contributed by atoms with E-state index in [4.69, 9.17) is 9.26 Å². The van der Waals surface area contributed by atoms with Crippen LogP contribution in [0.4, 0.5) is 0 Å². The zero-order valence-corrected chi connectivity index (χ0v) is 10.5. The lowest BCUT2D eigenvalue weighted by Gasteiger charge is -2.14. The van der Waals surface area contributed by atoms with E-state index in [1.54, 1.807) is 0 Å². The molecule has 0 amide bonds. The summed E-state index contributed by atoms with van der Waals surface area (Å²) in [6, 6.07) is 0. The average Bonchev–Trinajstić information content (AvgIpc) is 3.12. The van der Waals surface area contributed by atoms with Crippen molar-refractivity contribution in [2.24, 2.45) is 5.92 Å². The van der Waals surface area contributed by atoms with Crippen molar-refractivity contribution < 1.29 is 14.4 Å². The molecule has 2 aliphatic rings. The molecule has 3 rings (SSSR count). The van der Waals surface area contributed by atoms with Gasteiger partial charge in [0.05, 0.1) is 12.5 Å². The monoisotopic (exact) mass is 252 g/mol. The minimum atomic E-state index is -0.342. The zero-order chi connectivity index (χ0) is 12.4. The number of aromatic nitrogens is 2. The van der Waals surface area contributed by atoms with Crippen LogP contribution in [0.25, 0.3) is 0 Å². The Morgan fingerprint density at radius 1 is 1.22 bits per heavy atom. The molecule has 5 nitrogen and oxygen atoms in total. The summed E-state index contributed by atoms with van der Waals surface area (Å²) < 4.78 is 10.7. The number of ether oxygens (including phenoxy) is 1. The first-order valence-electron chi connectivity index (χ1n) is 6.95. The zero-order valence-electron chi connectivity index (χ0n) is 10.5. The lowest BCUT2D eigenvalue weighted by atomic mass is 9.98. The van der Waals surface area contributed by atoms with Gasteiger partial charge in [0.2, 0.25) is 11.7 Å².